The molecule has 3 heterocycles. The molecule has 156 valence electrons. The van der Waals surface area contributed by atoms with Gasteiger partial charge in [0, 0.05) is 14.5 Å². The molecule has 28 heavy (non-hydrogen) atoms. The van der Waals surface area contributed by atoms with Crippen LogP contribution in [-0.4, -0.2) is 69.1 Å². The average molecular weight is 405 g/mol. The van der Waals surface area contributed by atoms with Gasteiger partial charge in [0.05, 0.1) is 18.9 Å². The third-order valence-electron chi connectivity index (χ3n) is 4.82. The number of aromatic nitrogens is 4. The van der Waals surface area contributed by atoms with Crippen molar-refractivity contribution in [1.82, 2.24) is 19.5 Å². The van der Waals surface area contributed by atoms with Gasteiger partial charge in [0.1, 0.15) is 6.61 Å². The van der Waals surface area contributed by atoms with Crippen LogP contribution in [0.25, 0.3) is 11.2 Å². The molecule has 0 amide bonds. The fourth-order valence-electron chi connectivity index (χ4n) is 3.56. The zero-order valence-corrected chi connectivity index (χ0v) is 15.7. The molecule has 0 saturated carbocycles. The third-order valence-corrected chi connectivity index (χ3v) is 4.82. The number of nitrogens with zero attached hydrogens (tertiary/aromatic N) is 4. The zero-order chi connectivity index (χ0) is 21.9. The second-order valence-corrected chi connectivity index (χ2v) is 6.65. The predicted octanol–water partition coefficient (Wildman–Crippen LogP) is 1.57. The number of imidazole rings is 1. The van der Waals surface area contributed by atoms with Gasteiger partial charge in [0.15, 0.2) is 23.1 Å². The second-order valence-electron chi connectivity index (χ2n) is 6.65. The highest BCUT2D eigenvalue weighted by Gasteiger charge is 2.64. The lowest BCUT2D eigenvalue weighted by Crippen LogP contribution is -2.41. The first kappa shape index (κ1) is 18.0. The molecule has 1 aliphatic heterocycles. The highest BCUT2D eigenvalue weighted by Crippen LogP contribution is 2.53. The highest BCUT2D eigenvalue weighted by molar-refractivity contribution is 5.78. The summed E-state index contributed by atoms with van der Waals surface area (Å²) < 4.78 is 57.3. The maximum atomic E-state index is 15.8. The van der Waals surface area contributed by atoms with Crippen LogP contribution in [0.1, 0.15) is 34.8 Å². The van der Waals surface area contributed by atoms with Crippen LogP contribution in [0.2, 0.25) is 0 Å². The Balaban J connectivity index is 2.07. The van der Waals surface area contributed by atoms with Crippen molar-refractivity contribution in [3.63, 3.8) is 0 Å². The van der Waals surface area contributed by atoms with Gasteiger partial charge < -0.3 is 25.0 Å². The van der Waals surface area contributed by atoms with Crippen LogP contribution in [0.4, 0.5) is 14.7 Å². The number of aliphatic hydroxyl groups excluding tert-OH is 2. The minimum absolute atomic E-state index is 0.0829. The number of anilines is 1. The monoisotopic (exact) mass is 405 g/mol. The fourth-order valence-corrected chi connectivity index (χ4v) is 3.56. The average Bonchev–Trinajstić information content (AvgIpc) is 3.22. The molecule has 2 aromatic rings. The number of rotatable bonds is 9. The number of nitrogens with one attached hydrogen (secondary N) is 1. The topological polar surface area (TPSA) is 115 Å². The molecule has 1 aliphatic rings. The number of ether oxygens (including phenoxy) is 2. The van der Waals surface area contributed by atoms with Crippen LogP contribution in [0.5, 0.6) is 5.88 Å². The van der Waals surface area contributed by atoms with Crippen molar-refractivity contribution < 1.29 is 29.8 Å². The number of fused-ring (bicyclic) bond motifs is 1. The molecule has 3 N–H and O–H groups in total. The third kappa shape index (κ3) is 3.27. The number of alkyl halides is 2. The number of aliphatic hydroxyl groups is 2. The lowest BCUT2D eigenvalue weighted by atomic mass is 9.84. The molecule has 2 aromatic heterocycles. The smallest absolute Gasteiger partial charge is 0.247 e. The maximum Gasteiger partial charge on any atom is 0.247 e. The lowest BCUT2D eigenvalue weighted by Gasteiger charge is -2.28. The van der Waals surface area contributed by atoms with E-state index in [1.165, 1.54) is 17.8 Å². The predicted molar refractivity (Wildman–Crippen MR) is 96.4 cm³/mol. The van der Waals surface area contributed by atoms with Crippen molar-refractivity contribution in [2.75, 3.05) is 31.7 Å². The summed E-state index contributed by atoms with van der Waals surface area (Å²) in [5.41, 5.74) is -1.90. The maximum absolute atomic E-state index is 15.8. The summed E-state index contributed by atoms with van der Waals surface area (Å²) in [6.45, 7) is 2.29. The van der Waals surface area contributed by atoms with Crippen molar-refractivity contribution in [3.8, 4) is 5.88 Å². The lowest BCUT2D eigenvalue weighted by molar-refractivity contribution is -0.195. The van der Waals surface area contributed by atoms with Crippen molar-refractivity contribution in [2.24, 2.45) is 5.92 Å². The Kier molecular flexibility index (Phi) is 4.95. The Labute approximate surface area is 163 Å². The summed E-state index contributed by atoms with van der Waals surface area (Å²) in [5, 5.41) is 16.6. The first-order valence-corrected chi connectivity index (χ1v) is 8.97. The highest BCUT2D eigenvalue weighted by atomic mass is 19.2. The van der Waals surface area contributed by atoms with E-state index >= 15 is 8.78 Å². The number of hydrogen-bond donors (Lipinski definition) is 3. The number of halogens is 2. The molecular formula is C17H25F2N5O4. The van der Waals surface area contributed by atoms with Crippen molar-refractivity contribution in [3.05, 3.63) is 6.33 Å². The number of hydrogen-bond acceptors (Lipinski definition) is 8. The van der Waals surface area contributed by atoms with Crippen molar-refractivity contribution in [2.45, 2.75) is 44.9 Å². The standard InChI is InChI=1S/C17H25F2N5O4/c1-4-20-15-22-12-11(13(23-15)27-5-2)21-9-24(12)14-16(3,18)10(6-7-25)17(19,8-26)28-14/h9-10,14,25-26H,4-8H2,1-3H3,(H,20,22,23)/t10-,14?,16+,17+/m0/s1/i1T,25T. The SMILES string of the molecule is [3H]CCNc1nc(OCC)c2ncn(C3O[C@](F)(CO)[C@@H](CCO[3H])[C@@]3(C)F)c2n1. The molecule has 1 fully saturated rings. The van der Waals surface area contributed by atoms with Crippen LogP contribution in [0, 0.1) is 5.92 Å². The Morgan fingerprint density at radius 2 is 2.32 bits per heavy atom. The van der Waals surface area contributed by atoms with E-state index in [1.54, 1.807) is 6.92 Å². The van der Waals surface area contributed by atoms with Gasteiger partial charge in [-0.3, -0.25) is 4.57 Å². The van der Waals surface area contributed by atoms with E-state index in [-0.39, 0.29) is 49.5 Å². The molecule has 4 atom stereocenters. The van der Waals surface area contributed by atoms with Crippen LogP contribution in [-0.2, 0) is 4.74 Å². The minimum atomic E-state index is -2.68. The molecule has 0 radical (unpaired) electrons. The van der Waals surface area contributed by atoms with Crippen LogP contribution in [0.15, 0.2) is 6.33 Å². The molecule has 11 heteroatoms. The normalized spacial score (nSPS) is 31.0. The van der Waals surface area contributed by atoms with E-state index in [9.17, 15) is 5.11 Å². The van der Waals surface area contributed by atoms with Gasteiger partial charge in [0.25, 0.3) is 0 Å². The van der Waals surface area contributed by atoms with Crippen LogP contribution >= 0.6 is 0 Å². The van der Waals surface area contributed by atoms with Gasteiger partial charge in [-0.25, -0.2) is 13.8 Å². The molecule has 0 spiro atoms. The Morgan fingerprint density at radius 1 is 1.50 bits per heavy atom. The van der Waals surface area contributed by atoms with E-state index in [0.29, 0.717) is 6.61 Å². The summed E-state index contributed by atoms with van der Waals surface area (Å²) in [4.78, 5) is 12.7. The van der Waals surface area contributed by atoms with Crippen LogP contribution < -0.4 is 10.1 Å². The second kappa shape index (κ2) is 7.72. The summed E-state index contributed by atoms with van der Waals surface area (Å²) in [5.74, 6) is -3.77. The van der Waals surface area contributed by atoms with Gasteiger partial charge in [-0.2, -0.15) is 9.97 Å². The summed E-state index contributed by atoms with van der Waals surface area (Å²) >= 11 is 0. The van der Waals surface area contributed by atoms with E-state index < -0.39 is 30.3 Å². The molecule has 0 bridgehead atoms. The first-order chi connectivity index (χ1) is 14.3. The molecule has 0 aliphatic carbocycles. The van der Waals surface area contributed by atoms with E-state index in [1.807, 2.05) is 0 Å². The summed E-state index contributed by atoms with van der Waals surface area (Å²) in [6, 6.07) is 0. The molecule has 9 nitrogen and oxygen atoms in total. The van der Waals surface area contributed by atoms with Crippen molar-refractivity contribution >= 4 is 17.1 Å². The quantitative estimate of drug-likeness (QED) is 0.576. The largest absolute Gasteiger partial charge is 0.476 e. The van der Waals surface area contributed by atoms with Crippen molar-refractivity contribution in [1.29, 1.82) is 1.43 Å². The Bertz CT molecular complexity index is 874. The minimum Gasteiger partial charge on any atom is -0.476 e. The Hall–Kier alpha value is -2.11. The van der Waals surface area contributed by atoms with E-state index in [0.717, 1.165) is 0 Å². The zero-order valence-electron chi connectivity index (χ0n) is 17.7. The molecule has 1 saturated heterocycles. The van der Waals surface area contributed by atoms with Gasteiger partial charge in [-0.05, 0) is 27.2 Å². The van der Waals surface area contributed by atoms with Gasteiger partial charge in [-0.15, -0.1) is 0 Å². The molecule has 3 rings (SSSR count). The summed E-state index contributed by atoms with van der Waals surface area (Å²) in [6.07, 6.45) is -0.421. The Morgan fingerprint density at radius 3 is 3.00 bits per heavy atom. The molecule has 0 aromatic carbocycles. The summed E-state index contributed by atoms with van der Waals surface area (Å²) in [7, 11) is 0. The first-order valence-electron chi connectivity index (χ1n) is 10.1. The van der Waals surface area contributed by atoms with Gasteiger partial charge in [-0.1, -0.05) is 0 Å². The van der Waals surface area contributed by atoms with E-state index in [2.05, 4.69) is 25.4 Å². The van der Waals surface area contributed by atoms with Gasteiger partial charge >= 0.3 is 0 Å². The fraction of sp³-hybridized carbons (Fsp3) is 0.706. The molecule has 1 unspecified atom stereocenters. The van der Waals surface area contributed by atoms with E-state index in [4.69, 9.17) is 12.3 Å². The van der Waals surface area contributed by atoms with Crippen LogP contribution in [0.3, 0.4) is 0 Å². The molecular weight excluding hydrogens is 376 g/mol. The van der Waals surface area contributed by atoms with Gasteiger partial charge in [0.2, 0.25) is 19.1 Å².